The predicted molar refractivity (Wildman–Crippen MR) is 102 cm³/mol. The van der Waals surface area contributed by atoms with Gasteiger partial charge in [0.1, 0.15) is 25.4 Å². The van der Waals surface area contributed by atoms with Gasteiger partial charge in [0.25, 0.3) is 0 Å². The second-order valence-electron chi connectivity index (χ2n) is 8.40. The molecular weight excluding hydrogens is 346 g/mol. The Bertz CT molecular complexity index is 762. The first kappa shape index (κ1) is 17.3. The molecule has 0 spiro atoms. The molecule has 1 aromatic rings. The zero-order valence-electron chi connectivity index (χ0n) is 16.2. The van der Waals surface area contributed by atoms with Gasteiger partial charge in [-0.3, -0.25) is 0 Å². The highest BCUT2D eigenvalue weighted by Gasteiger charge is 2.37. The van der Waals surface area contributed by atoms with E-state index in [9.17, 15) is 0 Å². The largest absolute Gasteiger partial charge is 0.487 e. The van der Waals surface area contributed by atoms with Gasteiger partial charge in [-0.15, -0.1) is 0 Å². The van der Waals surface area contributed by atoms with Crippen LogP contribution in [0.5, 0.6) is 11.5 Å². The average Bonchev–Trinajstić information content (AvgIpc) is 3.46. The van der Waals surface area contributed by atoms with Gasteiger partial charge < -0.3 is 28.6 Å². The summed E-state index contributed by atoms with van der Waals surface area (Å²) < 4.78 is 28.2. The van der Waals surface area contributed by atoms with E-state index in [0.717, 1.165) is 37.9 Å². The van der Waals surface area contributed by atoms with Crippen LogP contribution in [0, 0.1) is 0 Å². The summed E-state index contributed by atoms with van der Waals surface area (Å²) >= 11 is 0. The fourth-order valence-electron chi connectivity index (χ4n) is 3.71. The van der Waals surface area contributed by atoms with Crippen LogP contribution in [0.1, 0.15) is 26.3 Å². The molecule has 0 aliphatic carbocycles. The molecular formula is C21H27NO5. The molecule has 6 nitrogen and oxygen atoms in total. The van der Waals surface area contributed by atoms with Crippen LogP contribution in [0.2, 0.25) is 0 Å². The SMILES string of the molecule is CC1=CC(C)(C)N(CC2CO2)c2cc(OCC3CO3)c(OCC3CO3)cc21. The zero-order chi connectivity index (χ0) is 18.6. The molecule has 4 heterocycles. The lowest BCUT2D eigenvalue weighted by atomic mass is 9.88. The molecule has 27 heavy (non-hydrogen) atoms. The molecule has 0 amide bonds. The highest BCUT2D eigenvalue weighted by atomic mass is 16.6. The number of rotatable bonds is 8. The minimum absolute atomic E-state index is 0.0792. The number of anilines is 1. The standard InChI is InChI=1S/C21H27NO5/c1-13-6-21(2,3)22(7-14-8-23-14)18-5-20(27-12-16-10-25-16)19(4-17(13)18)26-11-15-9-24-15/h4-6,14-16H,7-12H2,1-3H3. The number of epoxide rings is 3. The first-order chi connectivity index (χ1) is 13.0. The Hall–Kier alpha value is -1.76. The van der Waals surface area contributed by atoms with Crippen molar-refractivity contribution in [3.8, 4) is 11.5 Å². The quantitative estimate of drug-likeness (QED) is 0.653. The van der Waals surface area contributed by atoms with Crippen molar-refractivity contribution in [2.75, 3.05) is 44.5 Å². The van der Waals surface area contributed by atoms with Crippen molar-refractivity contribution in [1.29, 1.82) is 0 Å². The average molecular weight is 373 g/mol. The van der Waals surface area contributed by atoms with Crippen LogP contribution in [-0.2, 0) is 14.2 Å². The number of allylic oxidation sites excluding steroid dienone is 1. The van der Waals surface area contributed by atoms with Crippen LogP contribution < -0.4 is 14.4 Å². The molecule has 0 aromatic heterocycles. The topological polar surface area (TPSA) is 59.3 Å². The third-order valence-corrected chi connectivity index (χ3v) is 5.49. The van der Waals surface area contributed by atoms with Gasteiger partial charge in [-0.25, -0.2) is 0 Å². The minimum atomic E-state index is -0.0792. The number of fused-ring (bicyclic) bond motifs is 1. The second-order valence-corrected chi connectivity index (χ2v) is 8.40. The van der Waals surface area contributed by atoms with Crippen LogP contribution >= 0.6 is 0 Å². The molecule has 0 N–H and O–H groups in total. The summed E-state index contributed by atoms with van der Waals surface area (Å²) in [6, 6.07) is 4.24. The first-order valence-corrected chi connectivity index (χ1v) is 9.75. The number of ether oxygens (including phenoxy) is 5. The first-order valence-electron chi connectivity index (χ1n) is 9.75. The van der Waals surface area contributed by atoms with E-state index in [1.165, 1.54) is 16.8 Å². The van der Waals surface area contributed by atoms with Gasteiger partial charge in [-0.05, 0) is 32.4 Å². The second kappa shape index (κ2) is 6.40. The normalized spacial score (nSPS) is 29.7. The maximum absolute atomic E-state index is 6.08. The van der Waals surface area contributed by atoms with E-state index >= 15 is 0 Å². The Morgan fingerprint density at radius 2 is 1.52 bits per heavy atom. The van der Waals surface area contributed by atoms with E-state index in [1.54, 1.807) is 0 Å². The summed E-state index contributed by atoms with van der Waals surface area (Å²) in [5, 5.41) is 0. The number of hydrogen-bond acceptors (Lipinski definition) is 6. The van der Waals surface area contributed by atoms with Gasteiger partial charge in [0.2, 0.25) is 0 Å². The molecule has 3 atom stereocenters. The summed E-state index contributed by atoms with van der Waals surface area (Å²) in [5.41, 5.74) is 3.55. The van der Waals surface area contributed by atoms with Crippen molar-refractivity contribution in [2.24, 2.45) is 0 Å². The van der Waals surface area contributed by atoms with Gasteiger partial charge >= 0.3 is 0 Å². The molecule has 0 radical (unpaired) electrons. The number of benzene rings is 1. The van der Waals surface area contributed by atoms with Crippen LogP contribution in [0.15, 0.2) is 18.2 Å². The minimum Gasteiger partial charge on any atom is -0.487 e. The summed E-state index contributed by atoms with van der Waals surface area (Å²) in [5.74, 6) is 1.55. The van der Waals surface area contributed by atoms with E-state index in [4.69, 9.17) is 23.7 Å². The third kappa shape index (κ3) is 3.79. The number of hydrogen-bond donors (Lipinski definition) is 0. The van der Waals surface area contributed by atoms with Crippen molar-refractivity contribution in [3.63, 3.8) is 0 Å². The van der Waals surface area contributed by atoms with Gasteiger partial charge in [0, 0.05) is 23.9 Å². The van der Waals surface area contributed by atoms with Gasteiger partial charge in [-0.1, -0.05) is 6.08 Å². The molecule has 5 rings (SSSR count). The van der Waals surface area contributed by atoms with Crippen LogP contribution in [0.3, 0.4) is 0 Å². The van der Waals surface area contributed by atoms with E-state index in [-0.39, 0.29) is 17.7 Å². The van der Waals surface area contributed by atoms with E-state index in [2.05, 4.69) is 43.9 Å². The molecule has 4 aliphatic rings. The van der Waals surface area contributed by atoms with Crippen molar-refractivity contribution >= 4 is 11.3 Å². The van der Waals surface area contributed by atoms with Crippen molar-refractivity contribution in [3.05, 3.63) is 23.8 Å². The Morgan fingerprint density at radius 1 is 0.963 bits per heavy atom. The summed E-state index contributed by atoms with van der Waals surface area (Å²) in [7, 11) is 0. The molecule has 0 saturated carbocycles. The molecule has 3 unspecified atom stereocenters. The smallest absolute Gasteiger partial charge is 0.163 e. The van der Waals surface area contributed by atoms with Crippen LogP contribution in [0.25, 0.3) is 5.57 Å². The van der Waals surface area contributed by atoms with Crippen molar-refractivity contribution in [2.45, 2.75) is 44.6 Å². The molecule has 6 heteroatoms. The van der Waals surface area contributed by atoms with E-state index in [1.807, 2.05) is 0 Å². The Morgan fingerprint density at radius 3 is 2.07 bits per heavy atom. The van der Waals surface area contributed by atoms with E-state index < -0.39 is 0 Å². The monoisotopic (exact) mass is 373 g/mol. The number of nitrogens with zero attached hydrogens (tertiary/aromatic N) is 1. The van der Waals surface area contributed by atoms with E-state index in [0.29, 0.717) is 19.3 Å². The molecule has 0 bridgehead atoms. The lowest BCUT2D eigenvalue weighted by molar-refractivity contribution is 0.228. The Labute approximate surface area is 160 Å². The summed E-state index contributed by atoms with van der Waals surface area (Å²) in [6.45, 7) is 11.0. The highest BCUT2D eigenvalue weighted by Crippen LogP contribution is 2.45. The Balaban J connectivity index is 1.49. The predicted octanol–water partition coefficient (Wildman–Crippen LogP) is 2.64. The lowest BCUT2D eigenvalue weighted by Gasteiger charge is -2.43. The Kier molecular flexibility index (Phi) is 4.11. The summed E-state index contributed by atoms with van der Waals surface area (Å²) in [4.78, 5) is 2.42. The molecule has 3 fully saturated rings. The lowest BCUT2D eigenvalue weighted by Crippen LogP contribution is -2.47. The highest BCUT2D eigenvalue weighted by molar-refractivity contribution is 5.83. The molecule has 146 valence electrons. The zero-order valence-corrected chi connectivity index (χ0v) is 16.2. The summed E-state index contributed by atoms with van der Waals surface area (Å²) in [6.07, 6.45) is 3.05. The molecule has 3 saturated heterocycles. The van der Waals surface area contributed by atoms with Crippen LogP contribution in [-0.4, -0.2) is 63.4 Å². The fourth-order valence-corrected chi connectivity index (χ4v) is 3.71. The maximum atomic E-state index is 6.08. The van der Waals surface area contributed by atoms with Crippen molar-refractivity contribution in [1.82, 2.24) is 0 Å². The van der Waals surface area contributed by atoms with Crippen LogP contribution in [0.4, 0.5) is 5.69 Å². The van der Waals surface area contributed by atoms with Gasteiger partial charge in [-0.2, -0.15) is 0 Å². The van der Waals surface area contributed by atoms with Gasteiger partial charge in [0.15, 0.2) is 11.5 Å². The third-order valence-electron chi connectivity index (χ3n) is 5.49. The molecule has 4 aliphatic heterocycles. The van der Waals surface area contributed by atoms with Crippen molar-refractivity contribution < 1.29 is 23.7 Å². The van der Waals surface area contributed by atoms with Gasteiger partial charge in [0.05, 0.1) is 31.5 Å². The fraction of sp³-hybridized carbons (Fsp3) is 0.619. The molecule has 1 aromatic carbocycles. The maximum Gasteiger partial charge on any atom is 0.163 e.